The first kappa shape index (κ1) is 22.9. The molecule has 0 saturated heterocycles. The summed E-state index contributed by atoms with van der Waals surface area (Å²) in [5, 5.41) is 3.62. The highest BCUT2D eigenvalue weighted by atomic mass is 16.2. The smallest absolute Gasteiger partial charge is 0.329 e. The summed E-state index contributed by atoms with van der Waals surface area (Å²) < 4.78 is 0. The van der Waals surface area contributed by atoms with Gasteiger partial charge in [-0.1, -0.05) is 30.3 Å². The maximum atomic E-state index is 13.5. The molecule has 1 unspecified atom stereocenters. The van der Waals surface area contributed by atoms with Gasteiger partial charge >= 0.3 is 6.03 Å². The fourth-order valence-electron chi connectivity index (χ4n) is 4.65. The Hall–Kier alpha value is -3.88. The van der Waals surface area contributed by atoms with Crippen LogP contribution in [0.3, 0.4) is 0 Å². The highest BCUT2D eigenvalue weighted by Crippen LogP contribution is 2.44. The van der Waals surface area contributed by atoms with Crippen molar-refractivity contribution >= 4 is 34.9 Å². The molecular weight excluding hydrogens is 438 g/mol. The second kappa shape index (κ2) is 8.41. The molecule has 7 N–H and O–H groups in total. The number of fused-ring (bicyclic) bond motifs is 3. The van der Waals surface area contributed by atoms with E-state index in [-0.39, 0.29) is 12.1 Å². The summed E-state index contributed by atoms with van der Waals surface area (Å²) in [6, 6.07) is 13.5. The standard InChI is InChI=1S/C27H31N7O/c1-27(2,30)19-5-7-20(8-6-19)34-25-18(15-33(3)26(34)35)14-31-23-11-10-22(32-24(23)25)16-4-9-21(29)17(12-16)13-28/h4-12,14,22,32H,13,15,28-30H2,1-3H3. The van der Waals surface area contributed by atoms with Gasteiger partial charge in [-0.25, -0.2) is 4.79 Å². The summed E-state index contributed by atoms with van der Waals surface area (Å²) in [7, 11) is 1.80. The van der Waals surface area contributed by atoms with Crippen LogP contribution in [0.5, 0.6) is 0 Å². The zero-order valence-electron chi connectivity index (χ0n) is 20.2. The Labute approximate surface area is 205 Å². The normalized spacial score (nSPS) is 17.2. The largest absolute Gasteiger partial charge is 0.398 e. The maximum Gasteiger partial charge on any atom is 0.329 e. The number of carbonyl (C=O) groups is 1. The number of nitrogens with two attached hydrogens (primary N) is 3. The van der Waals surface area contributed by atoms with E-state index in [1.54, 1.807) is 16.8 Å². The number of nitrogen functional groups attached to an aromatic ring is 1. The summed E-state index contributed by atoms with van der Waals surface area (Å²) >= 11 is 0. The number of benzene rings is 2. The molecule has 3 aromatic rings. The molecule has 8 nitrogen and oxygen atoms in total. The lowest BCUT2D eigenvalue weighted by Gasteiger charge is -2.38. The van der Waals surface area contributed by atoms with Gasteiger partial charge in [0.2, 0.25) is 0 Å². The molecule has 2 aliphatic heterocycles. The van der Waals surface area contributed by atoms with Gasteiger partial charge in [0, 0.05) is 36.6 Å². The van der Waals surface area contributed by atoms with Gasteiger partial charge in [0.05, 0.1) is 35.3 Å². The molecule has 5 rings (SSSR count). The number of hydrogen-bond donors (Lipinski definition) is 4. The molecular formula is C27H31N7O. The summed E-state index contributed by atoms with van der Waals surface area (Å²) in [5.74, 6) is 0. The van der Waals surface area contributed by atoms with Crippen molar-refractivity contribution in [2.75, 3.05) is 23.0 Å². The highest BCUT2D eigenvalue weighted by Gasteiger charge is 2.34. The minimum atomic E-state index is -0.469. The summed E-state index contributed by atoms with van der Waals surface area (Å²) in [6.07, 6.45) is 5.91. The quantitative estimate of drug-likeness (QED) is 0.424. The van der Waals surface area contributed by atoms with Crippen LogP contribution in [0.4, 0.5) is 27.5 Å². The monoisotopic (exact) mass is 469 g/mol. The summed E-state index contributed by atoms with van der Waals surface area (Å²) in [5.41, 5.74) is 25.5. The van der Waals surface area contributed by atoms with Crippen molar-refractivity contribution in [2.24, 2.45) is 11.5 Å². The van der Waals surface area contributed by atoms with E-state index in [1.165, 1.54) is 0 Å². The Kier molecular flexibility index (Phi) is 5.50. The van der Waals surface area contributed by atoms with Gasteiger partial charge in [-0.3, -0.25) is 9.88 Å². The molecule has 0 saturated carbocycles. The van der Waals surface area contributed by atoms with E-state index >= 15 is 0 Å². The molecule has 2 aromatic carbocycles. The van der Waals surface area contributed by atoms with Gasteiger partial charge in [-0.2, -0.15) is 0 Å². The van der Waals surface area contributed by atoms with Crippen LogP contribution in [-0.4, -0.2) is 23.0 Å². The second-order valence-corrected chi connectivity index (χ2v) is 9.78. The fourth-order valence-corrected chi connectivity index (χ4v) is 4.65. The molecule has 2 amide bonds. The lowest BCUT2D eigenvalue weighted by molar-refractivity contribution is 0.213. The van der Waals surface area contributed by atoms with Crippen LogP contribution in [-0.2, 0) is 18.6 Å². The number of pyridine rings is 1. The van der Waals surface area contributed by atoms with Gasteiger partial charge in [0.25, 0.3) is 0 Å². The highest BCUT2D eigenvalue weighted by molar-refractivity contribution is 6.06. The van der Waals surface area contributed by atoms with E-state index < -0.39 is 5.54 Å². The number of nitrogens with zero attached hydrogens (tertiary/aromatic N) is 3. The Morgan fingerprint density at radius 2 is 1.91 bits per heavy atom. The average Bonchev–Trinajstić information content (AvgIpc) is 2.84. The lowest BCUT2D eigenvalue weighted by atomic mass is 9.95. The molecule has 180 valence electrons. The maximum absolute atomic E-state index is 13.5. The number of amides is 2. The number of aromatic nitrogens is 1. The predicted molar refractivity (Wildman–Crippen MR) is 141 cm³/mol. The fraction of sp³-hybridized carbons (Fsp3) is 0.259. The number of nitrogens with one attached hydrogen (secondary N) is 1. The Morgan fingerprint density at radius 1 is 1.17 bits per heavy atom. The molecule has 1 atom stereocenters. The molecule has 0 spiro atoms. The van der Waals surface area contributed by atoms with E-state index in [2.05, 4.69) is 16.4 Å². The SMILES string of the molecule is CN1Cc2cnc3c(c2N(c2ccc(C(C)(C)N)cc2)C1=O)NC(c1ccc(N)c(CN)c1)C=C3. The van der Waals surface area contributed by atoms with Crippen molar-refractivity contribution in [1.82, 2.24) is 9.88 Å². The van der Waals surface area contributed by atoms with Crippen molar-refractivity contribution < 1.29 is 4.79 Å². The minimum Gasteiger partial charge on any atom is -0.398 e. The van der Waals surface area contributed by atoms with Crippen molar-refractivity contribution in [2.45, 2.75) is 38.5 Å². The number of hydrogen-bond acceptors (Lipinski definition) is 6. The van der Waals surface area contributed by atoms with E-state index in [0.29, 0.717) is 18.8 Å². The molecule has 3 heterocycles. The molecule has 1 aromatic heterocycles. The van der Waals surface area contributed by atoms with Crippen molar-refractivity contribution in [3.63, 3.8) is 0 Å². The molecule has 35 heavy (non-hydrogen) atoms. The van der Waals surface area contributed by atoms with E-state index in [0.717, 1.165) is 45.0 Å². The number of anilines is 4. The van der Waals surface area contributed by atoms with Gasteiger partial charge in [0.1, 0.15) is 0 Å². The Bertz CT molecular complexity index is 1320. The third kappa shape index (κ3) is 4.00. The Balaban J connectivity index is 1.60. The first-order chi connectivity index (χ1) is 16.7. The van der Waals surface area contributed by atoms with E-state index in [1.807, 2.05) is 68.6 Å². The zero-order chi connectivity index (χ0) is 24.9. The molecule has 0 fully saturated rings. The Morgan fingerprint density at radius 3 is 2.60 bits per heavy atom. The first-order valence-corrected chi connectivity index (χ1v) is 11.7. The molecule has 8 heteroatoms. The predicted octanol–water partition coefficient (Wildman–Crippen LogP) is 4.20. The third-order valence-corrected chi connectivity index (χ3v) is 6.67. The second-order valence-electron chi connectivity index (χ2n) is 9.78. The summed E-state index contributed by atoms with van der Waals surface area (Å²) in [6.45, 7) is 4.77. The molecule has 2 aliphatic rings. The van der Waals surface area contributed by atoms with Crippen LogP contribution >= 0.6 is 0 Å². The van der Waals surface area contributed by atoms with Gasteiger partial charge in [-0.05, 0) is 54.8 Å². The van der Waals surface area contributed by atoms with Crippen molar-refractivity contribution in [3.05, 3.63) is 82.7 Å². The number of carbonyl (C=O) groups excluding carboxylic acids is 1. The minimum absolute atomic E-state index is 0.100. The third-order valence-electron chi connectivity index (χ3n) is 6.67. The van der Waals surface area contributed by atoms with Crippen LogP contribution in [0.2, 0.25) is 0 Å². The topological polar surface area (TPSA) is 127 Å². The van der Waals surface area contributed by atoms with Crippen LogP contribution in [0.15, 0.2) is 54.7 Å². The number of rotatable bonds is 4. The van der Waals surface area contributed by atoms with Gasteiger partial charge < -0.3 is 27.4 Å². The number of urea groups is 1. The van der Waals surface area contributed by atoms with Crippen LogP contribution < -0.4 is 27.4 Å². The van der Waals surface area contributed by atoms with Crippen LogP contribution in [0.1, 0.15) is 47.8 Å². The summed E-state index contributed by atoms with van der Waals surface area (Å²) in [4.78, 5) is 21.6. The van der Waals surface area contributed by atoms with Gasteiger partial charge in [0.15, 0.2) is 0 Å². The van der Waals surface area contributed by atoms with Crippen molar-refractivity contribution in [1.29, 1.82) is 0 Å². The zero-order valence-corrected chi connectivity index (χ0v) is 20.2. The molecule has 0 radical (unpaired) electrons. The average molecular weight is 470 g/mol. The molecule has 0 aliphatic carbocycles. The lowest BCUT2D eigenvalue weighted by Crippen LogP contribution is -2.43. The van der Waals surface area contributed by atoms with Crippen molar-refractivity contribution in [3.8, 4) is 0 Å². The first-order valence-electron chi connectivity index (χ1n) is 11.7. The van der Waals surface area contributed by atoms with E-state index in [9.17, 15) is 4.79 Å². The van der Waals surface area contributed by atoms with Crippen LogP contribution in [0.25, 0.3) is 6.08 Å². The van der Waals surface area contributed by atoms with E-state index in [4.69, 9.17) is 17.2 Å². The van der Waals surface area contributed by atoms with Crippen LogP contribution in [0, 0.1) is 0 Å². The molecule has 0 bridgehead atoms. The van der Waals surface area contributed by atoms with Gasteiger partial charge in [-0.15, -0.1) is 0 Å².